The Morgan fingerprint density at radius 3 is 2.56 bits per heavy atom. The van der Waals surface area contributed by atoms with E-state index in [9.17, 15) is 9.59 Å². The Balaban J connectivity index is 1.35. The van der Waals surface area contributed by atoms with Crippen molar-refractivity contribution in [3.8, 4) is 0 Å². The molecule has 0 saturated heterocycles. The fourth-order valence-corrected chi connectivity index (χ4v) is 4.12. The topological polar surface area (TPSA) is 92.7 Å². The number of rotatable bonds is 7. The van der Waals surface area contributed by atoms with Crippen LogP contribution in [0.2, 0.25) is 0 Å². The Morgan fingerprint density at radius 1 is 0.944 bits per heavy atom. The minimum absolute atomic E-state index is 0.140. The minimum Gasteiger partial charge on any atom is -0.321 e. The van der Waals surface area contributed by atoms with Crippen LogP contribution < -0.4 is 5.32 Å². The van der Waals surface area contributed by atoms with E-state index in [1.54, 1.807) is 47.1 Å². The fraction of sp³-hybridized carbons (Fsp3) is 0.103. The quantitative estimate of drug-likeness (QED) is 0.294. The molecule has 0 aliphatic carbocycles. The lowest BCUT2D eigenvalue weighted by atomic mass is 10.0. The predicted octanol–water partition coefficient (Wildman–Crippen LogP) is 5.74. The average molecular weight is 476 g/mol. The summed E-state index contributed by atoms with van der Waals surface area (Å²) in [7, 11) is 0. The SMILES string of the molecule is CCn1nc(C)cc1C(=O)Nc1cccc(C(=O)c2ccc3c(/C=C/c4ccccc4)n[nH]c3c2)c1. The van der Waals surface area contributed by atoms with Crippen molar-refractivity contribution < 1.29 is 9.59 Å². The van der Waals surface area contributed by atoms with Crippen LogP contribution in [0.5, 0.6) is 0 Å². The third-order valence-electron chi connectivity index (χ3n) is 5.90. The highest BCUT2D eigenvalue weighted by Crippen LogP contribution is 2.22. The Labute approximate surface area is 208 Å². The Hall–Kier alpha value is -4.78. The molecule has 2 aromatic heterocycles. The number of benzene rings is 3. The number of aromatic amines is 1. The number of fused-ring (bicyclic) bond motifs is 1. The molecule has 1 amide bonds. The van der Waals surface area contributed by atoms with Crippen LogP contribution in [-0.2, 0) is 6.54 Å². The zero-order chi connectivity index (χ0) is 25.1. The van der Waals surface area contributed by atoms with Crippen LogP contribution in [0.3, 0.4) is 0 Å². The van der Waals surface area contributed by atoms with E-state index in [4.69, 9.17) is 0 Å². The van der Waals surface area contributed by atoms with Gasteiger partial charge in [-0.2, -0.15) is 10.2 Å². The lowest BCUT2D eigenvalue weighted by molar-refractivity contribution is 0.101. The number of nitrogens with one attached hydrogen (secondary N) is 2. The molecule has 0 unspecified atom stereocenters. The van der Waals surface area contributed by atoms with Crippen molar-refractivity contribution in [1.82, 2.24) is 20.0 Å². The molecule has 0 saturated carbocycles. The zero-order valence-corrected chi connectivity index (χ0v) is 20.0. The first-order valence-corrected chi connectivity index (χ1v) is 11.7. The molecule has 7 heteroatoms. The highest BCUT2D eigenvalue weighted by atomic mass is 16.2. The summed E-state index contributed by atoms with van der Waals surface area (Å²) in [5.41, 5.74) is 5.49. The van der Waals surface area contributed by atoms with Gasteiger partial charge in [-0.25, -0.2) is 0 Å². The van der Waals surface area contributed by atoms with Crippen LogP contribution in [0.1, 0.15) is 50.3 Å². The van der Waals surface area contributed by atoms with Crippen LogP contribution in [0.4, 0.5) is 5.69 Å². The highest BCUT2D eigenvalue weighted by molar-refractivity contribution is 6.12. The van der Waals surface area contributed by atoms with Gasteiger partial charge in [0.05, 0.1) is 16.9 Å². The second kappa shape index (κ2) is 9.84. The van der Waals surface area contributed by atoms with Crippen molar-refractivity contribution in [2.24, 2.45) is 0 Å². The predicted molar refractivity (Wildman–Crippen MR) is 142 cm³/mol. The van der Waals surface area contributed by atoms with E-state index < -0.39 is 0 Å². The Morgan fingerprint density at radius 2 is 1.75 bits per heavy atom. The van der Waals surface area contributed by atoms with E-state index in [0.717, 1.165) is 27.9 Å². The maximum absolute atomic E-state index is 13.2. The van der Waals surface area contributed by atoms with Gasteiger partial charge < -0.3 is 5.32 Å². The molecule has 2 N–H and O–H groups in total. The van der Waals surface area contributed by atoms with Crippen molar-refractivity contribution in [1.29, 1.82) is 0 Å². The largest absolute Gasteiger partial charge is 0.321 e. The standard InChI is InChI=1S/C29H25N5O2/c1-3-34-27(16-19(2)33-34)29(36)30-23-11-7-10-21(17-23)28(35)22-13-14-24-25(31-32-26(24)18-22)15-12-20-8-5-4-6-9-20/h4-18H,3H2,1-2H3,(H,30,36)(H,31,32)/b15-12+. The van der Waals surface area contributed by atoms with Crippen molar-refractivity contribution in [2.45, 2.75) is 20.4 Å². The second-order valence-electron chi connectivity index (χ2n) is 8.46. The molecular weight excluding hydrogens is 450 g/mol. The minimum atomic E-state index is -0.267. The molecule has 0 aliphatic rings. The lowest BCUT2D eigenvalue weighted by Crippen LogP contribution is -2.17. The molecule has 5 rings (SSSR count). The summed E-state index contributed by atoms with van der Waals surface area (Å²) in [5.74, 6) is -0.407. The van der Waals surface area contributed by atoms with Crippen molar-refractivity contribution >= 4 is 40.4 Å². The maximum Gasteiger partial charge on any atom is 0.273 e. The molecule has 0 aliphatic heterocycles. The van der Waals surface area contributed by atoms with E-state index >= 15 is 0 Å². The fourth-order valence-electron chi connectivity index (χ4n) is 4.12. The van der Waals surface area contributed by atoms with Gasteiger partial charge in [0.1, 0.15) is 5.69 Å². The van der Waals surface area contributed by atoms with Crippen molar-refractivity contribution in [3.63, 3.8) is 0 Å². The van der Waals surface area contributed by atoms with Gasteiger partial charge in [0.15, 0.2) is 5.78 Å². The van der Waals surface area contributed by atoms with Crippen LogP contribution >= 0.6 is 0 Å². The number of anilines is 1. The molecular formula is C29H25N5O2. The summed E-state index contributed by atoms with van der Waals surface area (Å²) >= 11 is 0. The molecule has 2 heterocycles. The van der Waals surface area contributed by atoms with Crippen LogP contribution in [0, 0.1) is 6.92 Å². The number of ketones is 1. The summed E-state index contributed by atoms with van der Waals surface area (Å²) in [6.45, 7) is 4.37. The highest BCUT2D eigenvalue weighted by Gasteiger charge is 2.16. The number of amides is 1. The molecule has 178 valence electrons. The number of aromatic nitrogens is 4. The molecule has 0 bridgehead atoms. The number of nitrogens with zero attached hydrogens (tertiary/aromatic N) is 3. The first-order valence-electron chi connectivity index (χ1n) is 11.7. The van der Waals surface area contributed by atoms with E-state index in [2.05, 4.69) is 20.6 Å². The number of H-pyrrole nitrogens is 1. The molecule has 5 aromatic rings. The first kappa shape index (κ1) is 23.0. The van der Waals surface area contributed by atoms with E-state index in [-0.39, 0.29) is 11.7 Å². The van der Waals surface area contributed by atoms with Crippen LogP contribution in [0.15, 0.2) is 78.9 Å². The lowest BCUT2D eigenvalue weighted by Gasteiger charge is -2.08. The number of hydrogen-bond donors (Lipinski definition) is 2. The zero-order valence-electron chi connectivity index (χ0n) is 20.0. The summed E-state index contributed by atoms with van der Waals surface area (Å²) in [5, 5.41) is 15.5. The third-order valence-corrected chi connectivity index (χ3v) is 5.90. The van der Waals surface area contributed by atoms with Crippen molar-refractivity contribution in [3.05, 3.63) is 113 Å². The van der Waals surface area contributed by atoms with Gasteiger partial charge in [0, 0.05) is 28.7 Å². The van der Waals surface area contributed by atoms with Crippen molar-refractivity contribution in [2.75, 3.05) is 5.32 Å². The summed E-state index contributed by atoms with van der Waals surface area (Å²) in [4.78, 5) is 26.0. The molecule has 7 nitrogen and oxygen atoms in total. The van der Waals surface area contributed by atoms with Gasteiger partial charge in [-0.3, -0.25) is 19.4 Å². The normalized spacial score (nSPS) is 11.3. The summed E-state index contributed by atoms with van der Waals surface area (Å²) < 4.78 is 1.66. The number of carbonyl (C=O) groups is 2. The maximum atomic E-state index is 13.2. The molecule has 0 atom stereocenters. The Bertz CT molecular complexity index is 1590. The number of aryl methyl sites for hydroxylation is 2. The molecule has 3 aromatic carbocycles. The molecule has 0 spiro atoms. The second-order valence-corrected chi connectivity index (χ2v) is 8.46. The van der Waals surface area contributed by atoms with Gasteiger partial charge in [0.25, 0.3) is 5.91 Å². The molecule has 0 fully saturated rings. The Kier molecular flexibility index (Phi) is 6.28. The average Bonchev–Trinajstić information content (AvgIpc) is 3.50. The third kappa shape index (κ3) is 4.72. The first-order chi connectivity index (χ1) is 17.5. The number of hydrogen-bond acceptors (Lipinski definition) is 4. The van der Waals surface area contributed by atoms with Gasteiger partial charge in [-0.1, -0.05) is 54.6 Å². The van der Waals surface area contributed by atoms with E-state index in [1.165, 1.54) is 0 Å². The van der Waals surface area contributed by atoms with Gasteiger partial charge >= 0.3 is 0 Å². The van der Waals surface area contributed by atoms with Gasteiger partial charge in [-0.05, 0) is 55.8 Å². The summed E-state index contributed by atoms with van der Waals surface area (Å²) in [6, 6.07) is 24.2. The summed E-state index contributed by atoms with van der Waals surface area (Å²) in [6.07, 6.45) is 3.96. The molecule has 0 radical (unpaired) electrons. The van der Waals surface area contributed by atoms with Crippen LogP contribution in [0.25, 0.3) is 23.1 Å². The number of carbonyl (C=O) groups excluding carboxylic acids is 2. The van der Waals surface area contributed by atoms with Crippen LogP contribution in [-0.4, -0.2) is 31.7 Å². The molecule has 36 heavy (non-hydrogen) atoms. The van der Waals surface area contributed by atoms with E-state index in [1.807, 2.05) is 62.4 Å². The smallest absolute Gasteiger partial charge is 0.273 e. The van der Waals surface area contributed by atoms with Gasteiger partial charge in [-0.15, -0.1) is 0 Å². The van der Waals surface area contributed by atoms with Gasteiger partial charge in [0.2, 0.25) is 0 Å². The monoisotopic (exact) mass is 475 g/mol. The van der Waals surface area contributed by atoms with E-state index in [0.29, 0.717) is 29.1 Å².